The summed E-state index contributed by atoms with van der Waals surface area (Å²) in [5, 5.41) is 0. The van der Waals surface area contributed by atoms with Crippen molar-refractivity contribution in [3.05, 3.63) is 64.5 Å². The summed E-state index contributed by atoms with van der Waals surface area (Å²) in [7, 11) is 0. The fourth-order valence-corrected chi connectivity index (χ4v) is 3.30. The Morgan fingerprint density at radius 1 is 0.964 bits per heavy atom. The lowest BCUT2D eigenvalue weighted by Gasteiger charge is -2.35. The summed E-state index contributed by atoms with van der Waals surface area (Å²) in [4.78, 5) is 28.0. The van der Waals surface area contributed by atoms with Crippen molar-refractivity contribution in [2.24, 2.45) is 0 Å². The molecule has 28 heavy (non-hydrogen) atoms. The van der Waals surface area contributed by atoms with Crippen LogP contribution in [0, 0.1) is 19.7 Å². The van der Waals surface area contributed by atoms with Crippen molar-refractivity contribution >= 4 is 17.6 Å². The van der Waals surface area contributed by atoms with E-state index in [0.717, 1.165) is 11.1 Å². The van der Waals surface area contributed by atoms with E-state index in [1.807, 2.05) is 30.9 Å². The molecule has 3 rings (SSSR count). The summed E-state index contributed by atoms with van der Waals surface area (Å²) in [6.07, 6.45) is -0.336. The van der Waals surface area contributed by atoms with E-state index in [0.29, 0.717) is 49.6 Å². The third-order valence-electron chi connectivity index (χ3n) is 5.13. The van der Waals surface area contributed by atoms with Crippen LogP contribution in [-0.2, 0) is 4.74 Å². The molecule has 0 bridgehead atoms. The van der Waals surface area contributed by atoms with Crippen LogP contribution in [0.2, 0.25) is 0 Å². The van der Waals surface area contributed by atoms with Gasteiger partial charge in [-0.1, -0.05) is 12.1 Å². The molecule has 2 aromatic carbocycles. The zero-order valence-corrected chi connectivity index (χ0v) is 16.5. The number of ether oxygens (including phenoxy) is 1. The average molecular weight is 384 g/mol. The van der Waals surface area contributed by atoms with Gasteiger partial charge < -0.3 is 14.5 Å². The summed E-state index contributed by atoms with van der Waals surface area (Å²) in [5.41, 5.74) is 3.47. The minimum absolute atomic E-state index is 0.194. The van der Waals surface area contributed by atoms with E-state index >= 15 is 0 Å². The molecular weight excluding hydrogens is 359 g/mol. The maximum atomic E-state index is 14.7. The molecule has 0 unspecified atom stereocenters. The normalized spacial score (nSPS) is 14.1. The fourth-order valence-electron chi connectivity index (χ4n) is 3.30. The van der Waals surface area contributed by atoms with Crippen LogP contribution in [0.25, 0.3) is 0 Å². The molecule has 1 aliphatic heterocycles. The van der Waals surface area contributed by atoms with Gasteiger partial charge in [0.25, 0.3) is 0 Å². The fraction of sp³-hybridized carbons (Fsp3) is 0.364. The lowest BCUT2D eigenvalue weighted by atomic mass is 9.99. The highest BCUT2D eigenvalue weighted by Gasteiger charge is 2.24. The van der Waals surface area contributed by atoms with Crippen LogP contribution < -0.4 is 4.90 Å². The Balaban J connectivity index is 1.71. The standard InChI is InChI=1S/C22H25FN2O3/c1-4-28-22(27)25-11-9-24(10-12-25)20-8-7-18(14-19(20)23)21(26)17-6-5-15(2)16(3)13-17/h5-8,13-14H,4,9-12H2,1-3H3. The molecule has 6 heteroatoms. The van der Waals surface area contributed by atoms with E-state index in [4.69, 9.17) is 4.74 Å². The number of benzene rings is 2. The minimum atomic E-state index is -0.431. The highest BCUT2D eigenvalue weighted by molar-refractivity contribution is 6.09. The first kappa shape index (κ1) is 19.9. The monoisotopic (exact) mass is 384 g/mol. The number of piperazine rings is 1. The molecule has 0 saturated carbocycles. The van der Waals surface area contributed by atoms with E-state index in [9.17, 15) is 14.0 Å². The predicted molar refractivity (Wildman–Crippen MR) is 107 cm³/mol. The SMILES string of the molecule is CCOC(=O)N1CCN(c2ccc(C(=O)c3ccc(C)c(C)c3)cc2F)CC1. The molecule has 148 valence electrons. The molecule has 5 nitrogen and oxygen atoms in total. The van der Waals surface area contributed by atoms with Gasteiger partial charge in [0.15, 0.2) is 5.78 Å². The van der Waals surface area contributed by atoms with Gasteiger partial charge in [-0.15, -0.1) is 0 Å². The molecule has 0 atom stereocenters. The van der Waals surface area contributed by atoms with Gasteiger partial charge in [0.2, 0.25) is 0 Å². The molecule has 1 aliphatic rings. The number of hydrogen-bond donors (Lipinski definition) is 0. The number of carbonyl (C=O) groups is 2. The van der Waals surface area contributed by atoms with Crippen molar-refractivity contribution in [2.75, 3.05) is 37.7 Å². The number of anilines is 1. The minimum Gasteiger partial charge on any atom is -0.450 e. The number of ketones is 1. The van der Waals surface area contributed by atoms with E-state index in [2.05, 4.69) is 0 Å². The van der Waals surface area contributed by atoms with Crippen molar-refractivity contribution in [1.29, 1.82) is 0 Å². The summed E-state index contributed by atoms with van der Waals surface area (Å²) < 4.78 is 19.7. The summed E-state index contributed by atoms with van der Waals surface area (Å²) in [5.74, 6) is -0.625. The zero-order valence-electron chi connectivity index (χ0n) is 16.5. The Hall–Kier alpha value is -2.89. The van der Waals surface area contributed by atoms with Gasteiger partial charge in [0.05, 0.1) is 12.3 Å². The van der Waals surface area contributed by atoms with Gasteiger partial charge >= 0.3 is 6.09 Å². The predicted octanol–water partition coefficient (Wildman–Crippen LogP) is 3.95. The van der Waals surface area contributed by atoms with Crippen LogP contribution in [0.1, 0.15) is 34.0 Å². The van der Waals surface area contributed by atoms with Gasteiger partial charge in [0.1, 0.15) is 5.82 Å². The number of halogens is 1. The van der Waals surface area contributed by atoms with Crippen molar-refractivity contribution in [1.82, 2.24) is 4.90 Å². The maximum Gasteiger partial charge on any atom is 0.409 e. The lowest BCUT2D eigenvalue weighted by molar-refractivity contribution is 0.103. The van der Waals surface area contributed by atoms with Gasteiger partial charge in [-0.25, -0.2) is 9.18 Å². The number of hydrogen-bond acceptors (Lipinski definition) is 4. The quantitative estimate of drug-likeness (QED) is 0.749. The van der Waals surface area contributed by atoms with Gasteiger partial charge in [-0.2, -0.15) is 0 Å². The molecule has 0 N–H and O–H groups in total. The lowest BCUT2D eigenvalue weighted by Crippen LogP contribution is -2.49. The Labute approximate surface area is 164 Å². The molecule has 0 spiro atoms. The number of amides is 1. The molecule has 0 aliphatic carbocycles. The largest absolute Gasteiger partial charge is 0.450 e. The van der Waals surface area contributed by atoms with Crippen LogP contribution in [0.4, 0.5) is 14.9 Å². The Morgan fingerprint density at radius 3 is 2.21 bits per heavy atom. The van der Waals surface area contributed by atoms with E-state index in [1.165, 1.54) is 6.07 Å². The highest BCUT2D eigenvalue weighted by Crippen LogP contribution is 2.24. The van der Waals surface area contributed by atoms with Crippen LogP contribution in [0.3, 0.4) is 0 Å². The van der Waals surface area contributed by atoms with Gasteiger partial charge in [0, 0.05) is 37.3 Å². The second-order valence-electron chi connectivity index (χ2n) is 6.97. The van der Waals surface area contributed by atoms with Crippen molar-refractivity contribution in [2.45, 2.75) is 20.8 Å². The van der Waals surface area contributed by atoms with Crippen LogP contribution >= 0.6 is 0 Å². The highest BCUT2D eigenvalue weighted by atomic mass is 19.1. The molecule has 0 radical (unpaired) electrons. The maximum absolute atomic E-state index is 14.7. The number of aryl methyl sites for hydroxylation is 2. The van der Waals surface area contributed by atoms with Crippen LogP contribution in [-0.4, -0.2) is 49.6 Å². The third kappa shape index (κ3) is 4.16. The van der Waals surface area contributed by atoms with E-state index in [-0.39, 0.29) is 11.9 Å². The Kier molecular flexibility index (Phi) is 5.97. The first-order chi connectivity index (χ1) is 13.4. The summed E-state index contributed by atoms with van der Waals surface area (Å²) in [6.45, 7) is 8.02. The Morgan fingerprint density at radius 2 is 1.61 bits per heavy atom. The van der Waals surface area contributed by atoms with Crippen LogP contribution in [0.15, 0.2) is 36.4 Å². The van der Waals surface area contributed by atoms with Crippen molar-refractivity contribution in [3.63, 3.8) is 0 Å². The molecule has 1 saturated heterocycles. The summed E-state index contributed by atoms with van der Waals surface area (Å²) >= 11 is 0. The van der Waals surface area contributed by atoms with Crippen LogP contribution in [0.5, 0.6) is 0 Å². The number of carbonyl (C=O) groups excluding carboxylic acids is 2. The first-order valence-corrected chi connectivity index (χ1v) is 9.49. The second-order valence-corrected chi connectivity index (χ2v) is 6.97. The number of rotatable bonds is 4. The molecule has 1 fully saturated rings. The second kappa shape index (κ2) is 8.42. The smallest absolute Gasteiger partial charge is 0.409 e. The molecule has 1 amide bonds. The van der Waals surface area contributed by atoms with E-state index in [1.54, 1.807) is 30.0 Å². The molecule has 0 aromatic heterocycles. The van der Waals surface area contributed by atoms with Gasteiger partial charge in [-0.05, 0) is 56.2 Å². The molecular formula is C22H25FN2O3. The summed E-state index contributed by atoms with van der Waals surface area (Å²) in [6, 6.07) is 10.1. The zero-order chi connectivity index (χ0) is 20.3. The van der Waals surface area contributed by atoms with Gasteiger partial charge in [-0.3, -0.25) is 4.79 Å². The topological polar surface area (TPSA) is 49.9 Å². The average Bonchev–Trinajstić information content (AvgIpc) is 2.70. The van der Waals surface area contributed by atoms with Crippen molar-refractivity contribution in [3.8, 4) is 0 Å². The first-order valence-electron chi connectivity index (χ1n) is 9.49. The Bertz CT molecular complexity index is 889. The van der Waals surface area contributed by atoms with Crippen molar-refractivity contribution < 1.29 is 18.7 Å². The number of nitrogens with zero attached hydrogens (tertiary/aromatic N) is 2. The third-order valence-corrected chi connectivity index (χ3v) is 5.13. The molecule has 1 heterocycles. The van der Waals surface area contributed by atoms with E-state index < -0.39 is 5.82 Å². The molecule has 2 aromatic rings.